The first kappa shape index (κ1) is 29.0. The number of esters is 2. The molecule has 4 atom stereocenters. The summed E-state index contributed by atoms with van der Waals surface area (Å²) in [6, 6.07) is 30.5. The molecule has 0 amide bonds. The molecule has 0 heterocycles. The number of benzene rings is 4. The fourth-order valence-corrected chi connectivity index (χ4v) is 5.43. The lowest BCUT2D eigenvalue weighted by Gasteiger charge is -2.37. The van der Waals surface area contributed by atoms with Gasteiger partial charge in [-0.15, -0.1) is 0 Å². The van der Waals surface area contributed by atoms with Crippen molar-refractivity contribution < 1.29 is 28.7 Å². The highest BCUT2D eigenvalue weighted by Crippen LogP contribution is 2.45. The van der Waals surface area contributed by atoms with Crippen LogP contribution < -0.4 is 9.47 Å². The standard InChI is InChI=1S/C34H24Cl2O6/c35-31(37)23-11-15-25(16-12-23)41-33(39)29-27(21-7-3-1-4-8-21)19-20-28(22-9-5-2-6-10-22)30(29)34(40)42-26-17-13-24(14-18-26)32(36)38/h1-20,27-30H. The van der Waals surface area contributed by atoms with Gasteiger partial charge in [-0.1, -0.05) is 72.8 Å². The van der Waals surface area contributed by atoms with Crippen LogP contribution in [-0.2, 0) is 9.59 Å². The predicted molar refractivity (Wildman–Crippen MR) is 159 cm³/mol. The van der Waals surface area contributed by atoms with Gasteiger partial charge in [0.05, 0.1) is 11.8 Å². The highest BCUT2D eigenvalue weighted by atomic mass is 35.5. The third-order valence-electron chi connectivity index (χ3n) is 7.20. The average molecular weight is 599 g/mol. The third-order valence-corrected chi connectivity index (χ3v) is 7.64. The number of halogens is 2. The molecule has 0 aliphatic heterocycles. The molecule has 0 N–H and O–H groups in total. The molecule has 4 aromatic carbocycles. The summed E-state index contributed by atoms with van der Waals surface area (Å²) < 4.78 is 11.6. The van der Waals surface area contributed by atoms with Crippen LogP contribution in [0.1, 0.15) is 43.7 Å². The Kier molecular flexibility index (Phi) is 8.96. The van der Waals surface area contributed by atoms with Crippen LogP contribution >= 0.6 is 23.2 Å². The molecular weight excluding hydrogens is 575 g/mol. The van der Waals surface area contributed by atoms with Crippen molar-refractivity contribution in [1.82, 2.24) is 0 Å². The van der Waals surface area contributed by atoms with Crippen LogP contribution in [0.2, 0.25) is 0 Å². The van der Waals surface area contributed by atoms with Gasteiger partial charge in [-0.25, -0.2) is 0 Å². The van der Waals surface area contributed by atoms with Crippen LogP contribution in [0.15, 0.2) is 121 Å². The van der Waals surface area contributed by atoms with E-state index in [0.717, 1.165) is 11.1 Å². The van der Waals surface area contributed by atoms with Crippen LogP contribution in [0.25, 0.3) is 0 Å². The number of rotatable bonds is 8. The van der Waals surface area contributed by atoms with Crippen molar-refractivity contribution in [3.63, 3.8) is 0 Å². The molecule has 42 heavy (non-hydrogen) atoms. The number of ether oxygens (including phenoxy) is 2. The zero-order valence-electron chi connectivity index (χ0n) is 22.1. The molecule has 5 rings (SSSR count). The van der Waals surface area contributed by atoms with Crippen molar-refractivity contribution in [1.29, 1.82) is 0 Å². The van der Waals surface area contributed by atoms with Gasteiger partial charge in [0.2, 0.25) is 0 Å². The summed E-state index contributed by atoms with van der Waals surface area (Å²) in [6.07, 6.45) is 3.86. The summed E-state index contributed by atoms with van der Waals surface area (Å²) in [4.78, 5) is 51.0. The number of allylic oxidation sites excluding steroid dienone is 2. The van der Waals surface area contributed by atoms with Crippen molar-refractivity contribution >= 4 is 45.6 Å². The van der Waals surface area contributed by atoms with Crippen LogP contribution in [0, 0.1) is 11.8 Å². The molecule has 0 saturated carbocycles. The van der Waals surface area contributed by atoms with Crippen LogP contribution in [0.4, 0.5) is 0 Å². The highest BCUT2D eigenvalue weighted by molar-refractivity contribution is 6.68. The third kappa shape index (κ3) is 6.51. The predicted octanol–water partition coefficient (Wildman–Crippen LogP) is 7.33. The minimum Gasteiger partial charge on any atom is -0.426 e. The number of carbonyl (C=O) groups is 4. The largest absolute Gasteiger partial charge is 0.426 e. The Balaban J connectivity index is 1.56. The molecule has 8 heteroatoms. The smallest absolute Gasteiger partial charge is 0.316 e. The highest BCUT2D eigenvalue weighted by Gasteiger charge is 2.48. The van der Waals surface area contributed by atoms with Crippen molar-refractivity contribution in [2.45, 2.75) is 11.8 Å². The first-order chi connectivity index (χ1) is 20.3. The summed E-state index contributed by atoms with van der Waals surface area (Å²) in [5.41, 5.74) is 2.17. The van der Waals surface area contributed by atoms with E-state index in [2.05, 4.69) is 0 Å². The SMILES string of the molecule is O=C(Cl)c1ccc(OC(=O)C2C(c3ccccc3)C=CC(c3ccccc3)C2C(=O)Oc2ccc(C(=O)Cl)cc2)cc1. The molecule has 1 aliphatic rings. The molecule has 0 radical (unpaired) electrons. The lowest BCUT2D eigenvalue weighted by Crippen LogP contribution is -2.43. The Labute approximate surface area is 252 Å². The van der Waals surface area contributed by atoms with E-state index in [0.29, 0.717) is 0 Å². The molecule has 0 spiro atoms. The van der Waals surface area contributed by atoms with Crippen molar-refractivity contribution in [3.8, 4) is 11.5 Å². The second-order valence-corrected chi connectivity index (χ2v) is 10.4. The van der Waals surface area contributed by atoms with E-state index in [1.807, 2.05) is 72.8 Å². The fourth-order valence-electron chi connectivity index (χ4n) is 5.18. The molecule has 210 valence electrons. The van der Waals surface area contributed by atoms with E-state index < -0.39 is 46.1 Å². The monoisotopic (exact) mass is 598 g/mol. The van der Waals surface area contributed by atoms with Crippen LogP contribution in [-0.4, -0.2) is 22.4 Å². The maximum absolute atomic E-state index is 14.0. The topological polar surface area (TPSA) is 86.7 Å². The molecule has 4 unspecified atom stereocenters. The summed E-state index contributed by atoms with van der Waals surface area (Å²) >= 11 is 11.1. The van der Waals surface area contributed by atoms with Gasteiger partial charge in [0.25, 0.3) is 10.5 Å². The van der Waals surface area contributed by atoms with Gasteiger partial charge in [0.15, 0.2) is 0 Å². The summed E-state index contributed by atoms with van der Waals surface area (Å²) in [5, 5.41) is -1.27. The van der Waals surface area contributed by atoms with Crippen LogP contribution in [0.5, 0.6) is 11.5 Å². The van der Waals surface area contributed by atoms with E-state index >= 15 is 0 Å². The Morgan fingerprint density at radius 2 is 0.810 bits per heavy atom. The first-order valence-electron chi connectivity index (χ1n) is 13.1. The molecule has 0 fully saturated rings. The lowest BCUT2D eigenvalue weighted by atomic mass is 9.66. The molecule has 0 saturated heterocycles. The molecule has 0 aromatic heterocycles. The number of hydrogen-bond acceptors (Lipinski definition) is 6. The maximum atomic E-state index is 14.0. The van der Waals surface area contributed by atoms with E-state index in [4.69, 9.17) is 32.7 Å². The average Bonchev–Trinajstić information content (AvgIpc) is 3.01. The van der Waals surface area contributed by atoms with Crippen molar-refractivity contribution in [2.75, 3.05) is 0 Å². The summed E-state index contributed by atoms with van der Waals surface area (Å²) in [6.45, 7) is 0. The maximum Gasteiger partial charge on any atom is 0.316 e. The minimum atomic E-state index is -0.979. The van der Waals surface area contributed by atoms with E-state index in [-0.39, 0.29) is 22.6 Å². The van der Waals surface area contributed by atoms with Crippen molar-refractivity contribution in [2.24, 2.45) is 11.8 Å². The second-order valence-electron chi connectivity index (χ2n) is 9.75. The molecule has 1 aliphatic carbocycles. The number of carbonyl (C=O) groups excluding carboxylic acids is 4. The Bertz CT molecular complexity index is 1490. The molecule has 6 nitrogen and oxygen atoms in total. The van der Waals surface area contributed by atoms with Gasteiger partial charge in [0.1, 0.15) is 11.5 Å². The van der Waals surface area contributed by atoms with Gasteiger partial charge >= 0.3 is 11.9 Å². The molecule has 0 bridgehead atoms. The first-order valence-corrected chi connectivity index (χ1v) is 13.9. The normalized spacial score (nSPS) is 19.5. The minimum absolute atomic E-state index is 0.202. The number of hydrogen-bond donors (Lipinski definition) is 0. The van der Waals surface area contributed by atoms with E-state index in [1.54, 1.807) is 0 Å². The zero-order valence-corrected chi connectivity index (χ0v) is 23.6. The Hall–Kier alpha value is -4.52. The van der Waals surface area contributed by atoms with Gasteiger partial charge in [0, 0.05) is 23.0 Å². The molecule has 4 aromatic rings. The second kappa shape index (κ2) is 13.0. The van der Waals surface area contributed by atoms with E-state index in [9.17, 15) is 19.2 Å². The summed E-state index contributed by atoms with van der Waals surface area (Å²) in [7, 11) is 0. The summed E-state index contributed by atoms with van der Waals surface area (Å²) in [5.74, 6) is -3.83. The Morgan fingerprint density at radius 3 is 1.12 bits per heavy atom. The van der Waals surface area contributed by atoms with Crippen molar-refractivity contribution in [3.05, 3.63) is 144 Å². The van der Waals surface area contributed by atoms with Gasteiger partial charge in [-0.05, 0) is 82.9 Å². The fraction of sp³-hybridized carbons (Fsp3) is 0.118. The van der Waals surface area contributed by atoms with Gasteiger partial charge in [-0.3, -0.25) is 19.2 Å². The zero-order chi connectivity index (χ0) is 29.6. The van der Waals surface area contributed by atoms with Crippen LogP contribution in [0.3, 0.4) is 0 Å². The Morgan fingerprint density at radius 1 is 0.476 bits per heavy atom. The quantitative estimate of drug-likeness (QED) is 0.0913. The van der Waals surface area contributed by atoms with E-state index in [1.165, 1.54) is 48.5 Å². The van der Waals surface area contributed by atoms with Gasteiger partial charge in [-0.2, -0.15) is 0 Å². The lowest BCUT2D eigenvalue weighted by molar-refractivity contribution is -0.152. The molecular formula is C34H24Cl2O6. The van der Waals surface area contributed by atoms with Gasteiger partial charge < -0.3 is 9.47 Å².